The predicted octanol–water partition coefficient (Wildman–Crippen LogP) is 6.93. The lowest BCUT2D eigenvalue weighted by Gasteiger charge is -2.39. The van der Waals surface area contributed by atoms with Gasteiger partial charge in [0.05, 0.1) is 0 Å². The van der Waals surface area contributed by atoms with Gasteiger partial charge in [-0.1, -0.05) is 113 Å². The Kier molecular flexibility index (Phi) is 5.58. The highest BCUT2D eigenvalue weighted by Gasteiger charge is 2.40. The highest BCUT2D eigenvalue weighted by molar-refractivity contribution is 5.47. The molecule has 0 saturated heterocycles. The van der Waals surface area contributed by atoms with E-state index in [9.17, 15) is 0 Å². The van der Waals surface area contributed by atoms with Crippen LogP contribution in [0.5, 0.6) is 0 Å². The van der Waals surface area contributed by atoms with Crippen LogP contribution in [0.25, 0.3) is 0 Å². The van der Waals surface area contributed by atoms with Gasteiger partial charge in [0.15, 0.2) is 0 Å². The second-order valence-electron chi connectivity index (χ2n) is 7.51. The van der Waals surface area contributed by atoms with E-state index in [2.05, 4.69) is 99.7 Å². The first-order valence-electron chi connectivity index (χ1n) is 9.69. The lowest BCUT2D eigenvalue weighted by molar-refractivity contribution is 0.393. The van der Waals surface area contributed by atoms with E-state index in [1.807, 2.05) is 0 Å². The molecule has 1 atom stereocenters. The summed E-state index contributed by atoms with van der Waals surface area (Å²) in [5, 5.41) is 0. The molecule has 2 aromatic carbocycles. The minimum absolute atomic E-state index is 0.0195. The number of unbranched alkanes of at least 4 members (excludes halogenated alkanes) is 1. The molecule has 1 aliphatic rings. The maximum atomic E-state index is 2.51. The second-order valence-corrected chi connectivity index (χ2v) is 7.51. The highest BCUT2D eigenvalue weighted by atomic mass is 14.4. The standard InChI is InChI=1S/C25H30/c1-4-5-18-25(22-12-8-6-9-13-22,23-14-10-7-11-15-23)24-17-16-21(19-24)20(2)3/h6-17,19-20,24H,4-5,18H2,1-3H3. The van der Waals surface area contributed by atoms with Crippen molar-refractivity contribution in [3.63, 3.8) is 0 Å². The Labute approximate surface area is 153 Å². The van der Waals surface area contributed by atoms with E-state index < -0.39 is 0 Å². The summed E-state index contributed by atoms with van der Waals surface area (Å²) in [4.78, 5) is 0. The van der Waals surface area contributed by atoms with Gasteiger partial charge in [0.2, 0.25) is 0 Å². The monoisotopic (exact) mass is 330 g/mol. The number of allylic oxidation sites excluding steroid dienone is 4. The molecule has 0 fully saturated rings. The minimum atomic E-state index is 0.0195. The lowest BCUT2D eigenvalue weighted by atomic mass is 9.63. The van der Waals surface area contributed by atoms with Crippen molar-refractivity contribution in [2.75, 3.05) is 0 Å². The van der Waals surface area contributed by atoms with E-state index >= 15 is 0 Å². The molecule has 1 aliphatic carbocycles. The highest BCUT2D eigenvalue weighted by Crippen LogP contribution is 2.47. The number of hydrogen-bond acceptors (Lipinski definition) is 0. The first-order chi connectivity index (χ1) is 12.2. The SMILES string of the molecule is CCCCC(c1ccccc1)(c1ccccc1)C1C=CC(C(C)C)=C1. The molecular formula is C25H30. The topological polar surface area (TPSA) is 0 Å². The Balaban J connectivity index is 2.17. The van der Waals surface area contributed by atoms with E-state index in [4.69, 9.17) is 0 Å². The summed E-state index contributed by atoms with van der Waals surface area (Å²) in [6, 6.07) is 22.3. The largest absolute Gasteiger partial charge is 0.0761 e. The maximum Gasteiger partial charge on any atom is 0.0300 e. The fourth-order valence-corrected chi connectivity index (χ4v) is 4.16. The van der Waals surface area contributed by atoms with Crippen molar-refractivity contribution in [2.45, 2.75) is 45.4 Å². The van der Waals surface area contributed by atoms with Crippen molar-refractivity contribution in [3.05, 3.63) is 95.6 Å². The Hall–Kier alpha value is -2.08. The van der Waals surface area contributed by atoms with Crippen molar-refractivity contribution in [3.8, 4) is 0 Å². The molecule has 0 N–H and O–H groups in total. The molecule has 0 aromatic heterocycles. The van der Waals surface area contributed by atoms with Crippen molar-refractivity contribution >= 4 is 0 Å². The van der Waals surface area contributed by atoms with Gasteiger partial charge < -0.3 is 0 Å². The van der Waals surface area contributed by atoms with Gasteiger partial charge in [-0.15, -0.1) is 0 Å². The Morgan fingerprint density at radius 1 is 0.880 bits per heavy atom. The first-order valence-corrected chi connectivity index (χ1v) is 9.69. The molecule has 0 aliphatic heterocycles. The third-order valence-corrected chi connectivity index (χ3v) is 5.61. The average Bonchev–Trinajstić information content (AvgIpc) is 3.15. The van der Waals surface area contributed by atoms with Crippen LogP contribution in [0.15, 0.2) is 84.5 Å². The van der Waals surface area contributed by atoms with Crippen LogP contribution in [-0.4, -0.2) is 0 Å². The zero-order valence-electron chi connectivity index (χ0n) is 15.8. The smallest absolute Gasteiger partial charge is 0.0300 e. The van der Waals surface area contributed by atoms with Gasteiger partial charge in [-0.05, 0) is 29.0 Å². The normalized spacial score (nSPS) is 17.1. The summed E-state index contributed by atoms with van der Waals surface area (Å²) < 4.78 is 0. The predicted molar refractivity (Wildman–Crippen MR) is 109 cm³/mol. The third-order valence-electron chi connectivity index (χ3n) is 5.61. The molecule has 0 bridgehead atoms. The molecule has 0 heterocycles. The maximum absolute atomic E-state index is 2.51. The average molecular weight is 331 g/mol. The summed E-state index contributed by atoms with van der Waals surface area (Å²) in [5.41, 5.74) is 4.36. The van der Waals surface area contributed by atoms with Gasteiger partial charge in [0, 0.05) is 11.3 Å². The number of rotatable bonds is 7. The molecule has 130 valence electrons. The van der Waals surface area contributed by atoms with Gasteiger partial charge in [-0.2, -0.15) is 0 Å². The van der Waals surface area contributed by atoms with E-state index in [0.717, 1.165) is 0 Å². The number of hydrogen-bond donors (Lipinski definition) is 0. The van der Waals surface area contributed by atoms with Crippen LogP contribution >= 0.6 is 0 Å². The second kappa shape index (κ2) is 7.87. The fraction of sp³-hybridized carbons (Fsp3) is 0.360. The zero-order chi connectivity index (χ0) is 17.7. The van der Waals surface area contributed by atoms with E-state index in [-0.39, 0.29) is 5.41 Å². The molecule has 0 nitrogen and oxygen atoms in total. The van der Waals surface area contributed by atoms with Gasteiger partial charge in [0.1, 0.15) is 0 Å². The van der Waals surface area contributed by atoms with Crippen LogP contribution in [-0.2, 0) is 5.41 Å². The Morgan fingerprint density at radius 2 is 1.44 bits per heavy atom. The molecular weight excluding hydrogens is 300 g/mol. The molecule has 0 spiro atoms. The number of benzene rings is 2. The lowest BCUT2D eigenvalue weighted by Crippen LogP contribution is -2.34. The van der Waals surface area contributed by atoms with Crippen LogP contribution in [0.4, 0.5) is 0 Å². The Morgan fingerprint density at radius 3 is 1.88 bits per heavy atom. The molecule has 25 heavy (non-hydrogen) atoms. The first kappa shape index (κ1) is 17.7. The molecule has 0 amide bonds. The van der Waals surface area contributed by atoms with Crippen LogP contribution in [0.3, 0.4) is 0 Å². The molecule has 0 saturated carbocycles. The summed E-state index contributed by atoms with van der Waals surface area (Å²) >= 11 is 0. The van der Waals surface area contributed by atoms with Crippen molar-refractivity contribution in [1.29, 1.82) is 0 Å². The van der Waals surface area contributed by atoms with Gasteiger partial charge in [0.25, 0.3) is 0 Å². The van der Waals surface area contributed by atoms with E-state index in [1.54, 1.807) is 0 Å². The van der Waals surface area contributed by atoms with Crippen LogP contribution < -0.4 is 0 Å². The summed E-state index contributed by atoms with van der Waals surface area (Å²) in [6.07, 6.45) is 10.9. The molecule has 2 aromatic rings. The summed E-state index contributed by atoms with van der Waals surface area (Å²) in [6.45, 7) is 6.87. The Bertz CT molecular complexity index is 680. The van der Waals surface area contributed by atoms with Gasteiger partial charge in [-0.25, -0.2) is 0 Å². The molecule has 0 heteroatoms. The van der Waals surface area contributed by atoms with Crippen molar-refractivity contribution < 1.29 is 0 Å². The third kappa shape index (κ3) is 3.49. The van der Waals surface area contributed by atoms with E-state index in [1.165, 1.54) is 36.0 Å². The molecule has 0 radical (unpaired) electrons. The van der Waals surface area contributed by atoms with Gasteiger partial charge in [-0.3, -0.25) is 0 Å². The van der Waals surface area contributed by atoms with Gasteiger partial charge >= 0.3 is 0 Å². The van der Waals surface area contributed by atoms with Crippen molar-refractivity contribution in [1.82, 2.24) is 0 Å². The zero-order valence-corrected chi connectivity index (χ0v) is 15.8. The quantitative estimate of drug-likeness (QED) is 0.516. The van der Waals surface area contributed by atoms with Crippen molar-refractivity contribution in [2.24, 2.45) is 11.8 Å². The van der Waals surface area contributed by atoms with Crippen LogP contribution in [0.1, 0.15) is 51.2 Å². The van der Waals surface area contributed by atoms with Crippen LogP contribution in [0, 0.1) is 11.8 Å². The molecule has 1 unspecified atom stereocenters. The summed E-state index contributed by atoms with van der Waals surface area (Å²) in [7, 11) is 0. The van der Waals surface area contributed by atoms with E-state index in [0.29, 0.717) is 11.8 Å². The molecule has 3 rings (SSSR count). The fourth-order valence-electron chi connectivity index (χ4n) is 4.16. The minimum Gasteiger partial charge on any atom is -0.0761 e. The van der Waals surface area contributed by atoms with Crippen LogP contribution in [0.2, 0.25) is 0 Å². The summed E-state index contributed by atoms with van der Waals surface area (Å²) in [5.74, 6) is 0.998.